The van der Waals surface area contributed by atoms with E-state index >= 15 is 0 Å². The summed E-state index contributed by atoms with van der Waals surface area (Å²) in [5, 5.41) is 11.4. The number of fused-ring (bicyclic) bond motifs is 1. The lowest BCUT2D eigenvalue weighted by Crippen LogP contribution is -2.56. The number of halogens is 2. The lowest BCUT2D eigenvalue weighted by molar-refractivity contribution is -0.777. The van der Waals surface area contributed by atoms with Crippen LogP contribution in [0, 0.1) is 17.3 Å². The number of carbonyl (C=O) groups excluding carboxylic acids is 1. The van der Waals surface area contributed by atoms with Crippen LogP contribution in [-0.4, -0.2) is 17.8 Å². The summed E-state index contributed by atoms with van der Waals surface area (Å²) < 4.78 is 36.6. The highest BCUT2D eigenvalue weighted by Gasteiger charge is 2.59. The van der Waals surface area contributed by atoms with Gasteiger partial charge >= 0.3 is 11.2 Å². The van der Waals surface area contributed by atoms with Gasteiger partial charge in [-0.15, -0.1) is 0 Å². The first-order chi connectivity index (χ1) is 15.8. The Kier molecular flexibility index (Phi) is 5.92. The summed E-state index contributed by atoms with van der Waals surface area (Å²) in [5.41, 5.74) is 2.34. The van der Waals surface area contributed by atoms with Gasteiger partial charge in [0.15, 0.2) is 0 Å². The highest BCUT2D eigenvalue weighted by molar-refractivity contribution is 7.96. The maximum absolute atomic E-state index is 13.9. The summed E-state index contributed by atoms with van der Waals surface area (Å²) >= 11 is -0.638. The van der Waals surface area contributed by atoms with Gasteiger partial charge in [0, 0.05) is 5.41 Å². The van der Waals surface area contributed by atoms with Crippen LogP contribution < -0.4 is 5.26 Å². The second kappa shape index (κ2) is 8.48. The van der Waals surface area contributed by atoms with E-state index in [0.717, 1.165) is 44.9 Å². The van der Waals surface area contributed by atoms with Gasteiger partial charge < -0.3 is 9.99 Å². The summed E-state index contributed by atoms with van der Waals surface area (Å²) in [6, 6.07) is 13.1. The van der Waals surface area contributed by atoms with Crippen LogP contribution in [0.4, 0.5) is 8.78 Å². The minimum absolute atomic E-state index is 0.0286. The van der Waals surface area contributed by atoms with Gasteiger partial charge in [0.25, 0.3) is 0 Å². The highest BCUT2D eigenvalue weighted by Crippen LogP contribution is 2.66. The molecule has 0 N–H and O–H groups in total. The first-order valence-electron chi connectivity index (χ1n) is 11.5. The van der Waals surface area contributed by atoms with Gasteiger partial charge in [0.05, 0.1) is 6.61 Å². The molecule has 178 valence electrons. The van der Waals surface area contributed by atoms with Crippen LogP contribution in [0.3, 0.4) is 0 Å². The van der Waals surface area contributed by atoms with Crippen LogP contribution in [0.2, 0.25) is 0 Å². The molecule has 0 heterocycles. The standard InChI is InChI=1S/C25H28F2O5S/c1-2-18-7-8-21(20-6-4-3-5-19(18)20)24-12-16-9-17(13-24)11-23(10-16,14-24)15-30-22(28)25(26,27)33-32-31-29/h3-8,16-17,29H,2,9-15H2,1H3/p-1. The predicted octanol–water partition coefficient (Wildman–Crippen LogP) is 5.25. The summed E-state index contributed by atoms with van der Waals surface area (Å²) in [4.78, 5) is 12.0. The van der Waals surface area contributed by atoms with Gasteiger partial charge in [-0.25, -0.2) is 4.79 Å². The quantitative estimate of drug-likeness (QED) is 0.224. The molecule has 4 aliphatic carbocycles. The van der Waals surface area contributed by atoms with Crippen molar-refractivity contribution in [2.45, 2.75) is 62.5 Å². The Morgan fingerprint density at radius 3 is 2.48 bits per heavy atom. The Balaban J connectivity index is 1.44. The van der Waals surface area contributed by atoms with Gasteiger partial charge in [-0.2, -0.15) is 13.1 Å². The number of aryl methyl sites for hydroxylation is 1. The van der Waals surface area contributed by atoms with Crippen LogP contribution in [0.5, 0.6) is 0 Å². The summed E-state index contributed by atoms with van der Waals surface area (Å²) in [6.45, 7) is 2.12. The third-order valence-electron chi connectivity index (χ3n) is 8.06. The fourth-order valence-electron chi connectivity index (χ4n) is 7.46. The zero-order chi connectivity index (χ0) is 23.3. The second-order valence-corrected chi connectivity index (χ2v) is 11.0. The van der Waals surface area contributed by atoms with E-state index in [0.29, 0.717) is 11.8 Å². The number of hydrogen-bond acceptors (Lipinski definition) is 6. The fourth-order valence-corrected chi connectivity index (χ4v) is 7.70. The summed E-state index contributed by atoms with van der Waals surface area (Å²) in [5.74, 6) is -0.699. The number of rotatable bonds is 8. The van der Waals surface area contributed by atoms with E-state index in [2.05, 4.69) is 52.7 Å². The van der Waals surface area contributed by atoms with E-state index in [1.54, 1.807) is 0 Å². The van der Waals surface area contributed by atoms with Crippen LogP contribution in [0.15, 0.2) is 36.4 Å². The van der Waals surface area contributed by atoms with Crippen molar-refractivity contribution in [1.82, 2.24) is 0 Å². The number of ether oxygens (including phenoxy) is 1. The third-order valence-corrected chi connectivity index (χ3v) is 8.56. The molecular formula is C25H27F2O5S-. The van der Waals surface area contributed by atoms with Crippen LogP contribution >= 0.6 is 12.0 Å². The van der Waals surface area contributed by atoms with Crippen molar-refractivity contribution in [3.63, 3.8) is 0 Å². The average Bonchev–Trinajstić information content (AvgIpc) is 2.79. The minimum Gasteiger partial charge on any atom is -0.691 e. The molecule has 6 rings (SSSR count). The largest absolute Gasteiger partial charge is 0.691 e. The molecule has 4 aliphatic rings. The molecule has 4 saturated carbocycles. The first-order valence-corrected chi connectivity index (χ1v) is 12.2. The summed E-state index contributed by atoms with van der Waals surface area (Å²) in [7, 11) is 0. The Labute approximate surface area is 195 Å². The SMILES string of the molecule is CCc1ccc(C23CC4CC(CC(COC(=O)C(F)(F)SOO[O-])(C4)C2)C3)c2ccccc12. The fraction of sp³-hybridized carbons (Fsp3) is 0.560. The van der Waals surface area contributed by atoms with E-state index < -0.39 is 23.3 Å². The van der Waals surface area contributed by atoms with Gasteiger partial charge in [-0.3, -0.25) is 5.04 Å². The molecule has 2 atom stereocenters. The molecule has 0 spiro atoms. The maximum atomic E-state index is 13.9. The molecule has 0 aliphatic heterocycles. The maximum Gasteiger partial charge on any atom is 0.415 e. The molecule has 0 radical (unpaired) electrons. The second-order valence-electron chi connectivity index (χ2n) is 10.2. The predicted molar refractivity (Wildman–Crippen MR) is 118 cm³/mol. The van der Waals surface area contributed by atoms with Crippen molar-refractivity contribution in [3.05, 3.63) is 47.5 Å². The number of carbonyl (C=O) groups is 1. The molecule has 2 aromatic rings. The molecule has 2 unspecified atom stereocenters. The Morgan fingerprint density at radius 1 is 1.12 bits per heavy atom. The molecule has 33 heavy (non-hydrogen) atoms. The van der Waals surface area contributed by atoms with Crippen molar-refractivity contribution in [2.75, 3.05) is 6.61 Å². The average molecular weight is 478 g/mol. The van der Waals surface area contributed by atoms with Gasteiger partial charge in [0.2, 0.25) is 0 Å². The van der Waals surface area contributed by atoms with Crippen molar-refractivity contribution >= 4 is 28.8 Å². The lowest BCUT2D eigenvalue weighted by Gasteiger charge is -2.62. The number of hydrogen-bond donors (Lipinski definition) is 0. The molecule has 8 heteroatoms. The molecule has 0 saturated heterocycles. The molecular weight excluding hydrogens is 450 g/mol. The molecule has 2 aromatic carbocycles. The van der Waals surface area contributed by atoms with Crippen LogP contribution in [0.1, 0.15) is 56.6 Å². The number of alkyl halides is 2. The first kappa shape index (κ1) is 23.0. The van der Waals surface area contributed by atoms with Crippen molar-refractivity contribution < 1.29 is 32.9 Å². The van der Waals surface area contributed by atoms with E-state index in [1.807, 2.05) is 0 Å². The normalized spacial score (nSPS) is 30.7. The zero-order valence-electron chi connectivity index (χ0n) is 18.5. The van der Waals surface area contributed by atoms with E-state index in [1.165, 1.54) is 21.9 Å². The smallest absolute Gasteiger partial charge is 0.415 e. The van der Waals surface area contributed by atoms with Gasteiger partial charge in [0.1, 0.15) is 12.0 Å². The highest BCUT2D eigenvalue weighted by atomic mass is 32.2. The van der Waals surface area contributed by atoms with Gasteiger partial charge in [-0.1, -0.05) is 43.3 Å². The molecule has 5 nitrogen and oxygen atoms in total. The van der Waals surface area contributed by atoms with E-state index in [4.69, 9.17) is 4.74 Å². The Morgan fingerprint density at radius 2 is 1.82 bits per heavy atom. The Bertz CT molecular complexity index is 1040. The summed E-state index contributed by atoms with van der Waals surface area (Å²) in [6.07, 6.45) is 6.92. The number of esters is 1. The monoisotopic (exact) mass is 477 g/mol. The minimum atomic E-state index is -4.00. The zero-order valence-corrected chi connectivity index (χ0v) is 19.3. The van der Waals surface area contributed by atoms with E-state index in [9.17, 15) is 18.8 Å². The Hall–Kier alpha value is -1.74. The topological polar surface area (TPSA) is 67.8 Å². The third kappa shape index (κ3) is 4.05. The van der Waals surface area contributed by atoms with Crippen molar-refractivity contribution in [2.24, 2.45) is 17.3 Å². The van der Waals surface area contributed by atoms with E-state index in [-0.39, 0.29) is 17.4 Å². The number of benzene rings is 2. The lowest BCUT2D eigenvalue weighted by atomic mass is 9.43. The van der Waals surface area contributed by atoms with Crippen molar-refractivity contribution in [1.29, 1.82) is 0 Å². The molecule has 4 fully saturated rings. The van der Waals surface area contributed by atoms with Gasteiger partial charge in [-0.05, 0) is 84.1 Å². The van der Waals surface area contributed by atoms with Crippen molar-refractivity contribution in [3.8, 4) is 0 Å². The molecule has 0 aromatic heterocycles. The van der Waals surface area contributed by atoms with Crippen LogP contribution in [0.25, 0.3) is 10.8 Å². The van der Waals surface area contributed by atoms with Crippen LogP contribution in [-0.2, 0) is 30.7 Å². The molecule has 4 bridgehead atoms. The molecule has 0 amide bonds.